The average molecular weight is 382 g/mol. The van der Waals surface area contributed by atoms with Crippen molar-refractivity contribution in [3.05, 3.63) is 71.1 Å². The van der Waals surface area contributed by atoms with Crippen molar-refractivity contribution in [3.8, 4) is 11.5 Å². The average Bonchev–Trinajstić information content (AvgIpc) is 2.97. The van der Waals surface area contributed by atoms with Crippen LogP contribution in [0.4, 0.5) is 5.69 Å². The van der Waals surface area contributed by atoms with Crippen molar-refractivity contribution in [3.63, 3.8) is 0 Å². The highest BCUT2D eigenvalue weighted by atomic mass is 32.2. The molecule has 0 unspecified atom stereocenters. The van der Waals surface area contributed by atoms with E-state index < -0.39 is 0 Å². The minimum Gasteiger partial charge on any atom is -0.457 e. The van der Waals surface area contributed by atoms with Crippen LogP contribution < -0.4 is 10.1 Å². The van der Waals surface area contributed by atoms with Gasteiger partial charge in [-0.2, -0.15) is 0 Å². The Hall–Kier alpha value is -2.73. The highest BCUT2D eigenvalue weighted by molar-refractivity contribution is 7.99. The molecule has 5 nitrogen and oxygen atoms in total. The molecule has 0 atom stereocenters. The zero-order valence-electron chi connectivity index (χ0n) is 15.6. The molecule has 140 valence electrons. The molecule has 2 aromatic carbocycles. The summed E-state index contributed by atoms with van der Waals surface area (Å²) < 4.78 is 10.9. The molecule has 1 aromatic heterocycles. The fourth-order valence-corrected chi connectivity index (χ4v) is 3.48. The van der Waals surface area contributed by atoms with Crippen LogP contribution in [0.15, 0.2) is 53.1 Å². The zero-order valence-corrected chi connectivity index (χ0v) is 16.4. The van der Waals surface area contributed by atoms with Crippen molar-refractivity contribution in [2.45, 2.75) is 26.5 Å². The van der Waals surface area contributed by atoms with Crippen LogP contribution in [0.3, 0.4) is 0 Å². The van der Waals surface area contributed by atoms with E-state index in [1.165, 1.54) is 17.3 Å². The lowest BCUT2D eigenvalue weighted by atomic mass is 10.2. The number of hydrogen-bond donors (Lipinski definition) is 1. The van der Waals surface area contributed by atoms with E-state index in [1.807, 2.05) is 69.3 Å². The van der Waals surface area contributed by atoms with E-state index in [4.69, 9.17) is 9.26 Å². The van der Waals surface area contributed by atoms with Crippen LogP contribution in [0.5, 0.6) is 11.5 Å². The molecule has 0 aliphatic carbocycles. The molecule has 0 aliphatic rings. The van der Waals surface area contributed by atoms with Crippen molar-refractivity contribution in [2.24, 2.45) is 0 Å². The quantitative estimate of drug-likeness (QED) is 0.603. The first kappa shape index (κ1) is 19.0. The summed E-state index contributed by atoms with van der Waals surface area (Å²) in [4.78, 5) is 12.1. The predicted molar refractivity (Wildman–Crippen MR) is 108 cm³/mol. The van der Waals surface area contributed by atoms with E-state index in [2.05, 4.69) is 10.5 Å². The first-order valence-corrected chi connectivity index (χ1v) is 9.80. The molecular formula is C21H22N2O3S. The molecule has 27 heavy (non-hydrogen) atoms. The van der Waals surface area contributed by atoms with Gasteiger partial charge < -0.3 is 14.6 Å². The number of aryl methyl sites for hydroxylation is 3. The van der Waals surface area contributed by atoms with Crippen LogP contribution in [-0.4, -0.2) is 16.8 Å². The summed E-state index contributed by atoms with van der Waals surface area (Å²) >= 11 is 1.54. The fourth-order valence-electron chi connectivity index (χ4n) is 2.50. The number of benzene rings is 2. The van der Waals surface area contributed by atoms with Crippen molar-refractivity contribution in [1.82, 2.24) is 5.16 Å². The summed E-state index contributed by atoms with van der Waals surface area (Å²) in [5, 5.41) is 6.82. The molecular weight excluding hydrogens is 360 g/mol. The van der Waals surface area contributed by atoms with Crippen LogP contribution in [0, 0.1) is 20.8 Å². The van der Waals surface area contributed by atoms with Crippen molar-refractivity contribution in [1.29, 1.82) is 0 Å². The number of anilines is 1. The number of ether oxygens (including phenoxy) is 1. The third kappa shape index (κ3) is 5.37. The van der Waals surface area contributed by atoms with E-state index in [1.54, 1.807) is 0 Å². The van der Waals surface area contributed by atoms with E-state index in [0.717, 1.165) is 34.2 Å². The molecule has 1 heterocycles. The molecule has 3 aromatic rings. The van der Waals surface area contributed by atoms with Crippen LogP contribution in [0.2, 0.25) is 0 Å². The first-order valence-electron chi connectivity index (χ1n) is 8.65. The summed E-state index contributed by atoms with van der Waals surface area (Å²) in [6, 6.07) is 15.2. The molecule has 0 bridgehead atoms. The minimum absolute atomic E-state index is 0.0426. The molecule has 3 rings (SSSR count). The van der Waals surface area contributed by atoms with Gasteiger partial charge in [-0.1, -0.05) is 22.9 Å². The van der Waals surface area contributed by atoms with Crippen LogP contribution in [0.25, 0.3) is 0 Å². The van der Waals surface area contributed by atoms with Gasteiger partial charge in [-0.3, -0.25) is 4.79 Å². The summed E-state index contributed by atoms with van der Waals surface area (Å²) in [6.45, 7) is 5.83. The van der Waals surface area contributed by atoms with E-state index >= 15 is 0 Å². The molecule has 1 amide bonds. The molecule has 1 N–H and O–H groups in total. The van der Waals surface area contributed by atoms with E-state index in [0.29, 0.717) is 11.5 Å². The number of carbonyl (C=O) groups is 1. The van der Waals surface area contributed by atoms with Gasteiger partial charge in [-0.15, -0.1) is 11.8 Å². The predicted octanol–water partition coefficient (Wildman–Crippen LogP) is 5.26. The smallest absolute Gasteiger partial charge is 0.234 e. The van der Waals surface area contributed by atoms with Crippen LogP contribution in [-0.2, 0) is 10.5 Å². The Labute approximate surface area is 163 Å². The monoisotopic (exact) mass is 382 g/mol. The molecule has 0 radical (unpaired) electrons. The van der Waals surface area contributed by atoms with Gasteiger partial charge in [0.2, 0.25) is 5.91 Å². The number of nitrogens with zero attached hydrogens (tertiary/aromatic N) is 1. The lowest BCUT2D eigenvalue weighted by Gasteiger charge is -2.08. The molecule has 0 saturated carbocycles. The molecule has 0 saturated heterocycles. The van der Waals surface area contributed by atoms with Crippen LogP contribution >= 0.6 is 11.8 Å². The highest BCUT2D eigenvalue weighted by Crippen LogP contribution is 2.24. The van der Waals surface area contributed by atoms with E-state index in [9.17, 15) is 4.79 Å². The van der Waals surface area contributed by atoms with Crippen molar-refractivity contribution in [2.75, 3.05) is 11.1 Å². The maximum absolute atomic E-state index is 12.1. The van der Waals surface area contributed by atoms with Gasteiger partial charge in [0.1, 0.15) is 17.3 Å². The third-order valence-corrected chi connectivity index (χ3v) is 5.01. The maximum atomic E-state index is 12.1. The zero-order chi connectivity index (χ0) is 19.2. The number of amides is 1. The molecule has 0 fully saturated rings. The lowest BCUT2D eigenvalue weighted by molar-refractivity contribution is -0.113. The molecule has 0 spiro atoms. The number of aromatic nitrogens is 1. The van der Waals surface area contributed by atoms with Crippen molar-refractivity contribution < 1.29 is 14.1 Å². The standard InChI is InChI=1S/C21H22N2O3S/c1-14-4-8-18(9-5-14)25-19-10-6-17(7-11-19)22-21(24)13-27-12-20-15(2)23-26-16(20)3/h4-11H,12-13H2,1-3H3,(H,22,24). The lowest BCUT2D eigenvalue weighted by Crippen LogP contribution is -2.14. The maximum Gasteiger partial charge on any atom is 0.234 e. The molecule has 6 heteroatoms. The van der Waals surface area contributed by atoms with Gasteiger partial charge in [-0.05, 0) is 57.2 Å². The topological polar surface area (TPSA) is 64.4 Å². The van der Waals surface area contributed by atoms with Crippen LogP contribution in [0.1, 0.15) is 22.6 Å². The van der Waals surface area contributed by atoms with Gasteiger partial charge in [0.25, 0.3) is 0 Å². The van der Waals surface area contributed by atoms with Gasteiger partial charge in [0.05, 0.1) is 11.4 Å². The largest absolute Gasteiger partial charge is 0.457 e. The molecule has 0 aliphatic heterocycles. The number of rotatable bonds is 7. The Morgan fingerprint density at radius 3 is 2.26 bits per heavy atom. The summed E-state index contributed by atoms with van der Waals surface area (Å²) in [7, 11) is 0. The third-order valence-electron chi connectivity index (χ3n) is 4.06. The number of carbonyl (C=O) groups excluding carboxylic acids is 1. The normalized spacial score (nSPS) is 10.6. The van der Waals surface area contributed by atoms with E-state index in [-0.39, 0.29) is 5.91 Å². The minimum atomic E-state index is -0.0426. The Morgan fingerprint density at radius 1 is 1.04 bits per heavy atom. The first-order chi connectivity index (χ1) is 13.0. The SMILES string of the molecule is Cc1ccc(Oc2ccc(NC(=O)CSCc3c(C)noc3C)cc2)cc1. The number of thioether (sulfide) groups is 1. The summed E-state index contributed by atoms with van der Waals surface area (Å²) in [6.07, 6.45) is 0. The Morgan fingerprint density at radius 2 is 1.67 bits per heavy atom. The van der Waals surface area contributed by atoms with Crippen molar-refractivity contribution >= 4 is 23.4 Å². The summed E-state index contributed by atoms with van der Waals surface area (Å²) in [5.41, 5.74) is 3.87. The Bertz CT molecular complexity index is 883. The second-order valence-corrected chi connectivity index (χ2v) is 7.27. The Balaban J connectivity index is 1.47. The number of hydrogen-bond acceptors (Lipinski definition) is 5. The van der Waals surface area contributed by atoms with Gasteiger partial charge in [0, 0.05) is 17.0 Å². The van der Waals surface area contributed by atoms with Gasteiger partial charge in [0.15, 0.2) is 0 Å². The summed E-state index contributed by atoms with van der Waals surface area (Å²) in [5.74, 6) is 3.35. The highest BCUT2D eigenvalue weighted by Gasteiger charge is 2.10. The number of nitrogens with one attached hydrogen (secondary N) is 1. The van der Waals surface area contributed by atoms with Gasteiger partial charge in [-0.25, -0.2) is 0 Å². The van der Waals surface area contributed by atoms with Gasteiger partial charge >= 0.3 is 0 Å². The second-order valence-electron chi connectivity index (χ2n) is 6.28. The fraction of sp³-hybridized carbons (Fsp3) is 0.238. The second kappa shape index (κ2) is 8.77. The Kier molecular flexibility index (Phi) is 6.19.